The molecule has 11 nitrogen and oxygen atoms in total. The third-order valence-corrected chi connectivity index (χ3v) is 7.83. The number of hydrogen-bond donors (Lipinski definition) is 4. The highest BCUT2D eigenvalue weighted by Crippen LogP contribution is 2.27. The predicted octanol–water partition coefficient (Wildman–Crippen LogP) is 4.31. The highest BCUT2D eigenvalue weighted by Gasteiger charge is 2.24. The van der Waals surface area contributed by atoms with Crippen LogP contribution in [0.3, 0.4) is 0 Å². The van der Waals surface area contributed by atoms with E-state index in [0.717, 1.165) is 49.5 Å². The summed E-state index contributed by atoms with van der Waals surface area (Å²) < 4.78 is 5.33. The van der Waals surface area contributed by atoms with Crippen LogP contribution in [0.5, 0.6) is 0 Å². The summed E-state index contributed by atoms with van der Waals surface area (Å²) in [6.07, 6.45) is 5.03. The molecule has 44 heavy (non-hydrogen) atoms. The summed E-state index contributed by atoms with van der Waals surface area (Å²) in [5.41, 5.74) is 5.38. The quantitative estimate of drug-likeness (QED) is 0.269. The summed E-state index contributed by atoms with van der Waals surface area (Å²) in [5, 5.41) is 12.7. The Balaban J connectivity index is 1.26. The Hall–Kier alpha value is -4.09. The van der Waals surface area contributed by atoms with E-state index in [4.69, 9.17) is 9.72 Å². The minimum absolute atomic E-state index is 0.01000. The van der Waals surface area contributed by atoms with Gasteiger partial charge in [-0.05, 0) is 62.1 Å². The van der Waals surface area contributed by atoms with E-state index in [2.05, 4.69) is 69.0 Å². The topological polar surface area (TPSA) is 133 Å². The molecule has 2 aliphatic rings. The number of carbonyl (C=O) groups excluding carboxylic acids is 2. The van der Waals surface area contributed by atoms with Crippen LogP contribution in [0.25, 0.3) is 0 Å². The van der Waals surface area contributed by atoms with Gasteiger partial charge in [-0.2, -0.15) is 4.98 Å². The fourth-order valence-electron chi connectivity index (χ4n) is 5.33. The number of carbonyl (C=O) groups is 2. The Labute approximate surface area is 259 Å². The number of amides is 2. The summed E-state index contributed by atoms with van der Waals surface area (Å²) in [6.45, 7) is 14.6. The third-order valence-electron chi connectivity index (χ3n) is 7.83. The van der Waals surface area contributed by atoms with Gasteiger partial charge in [-0.3, -0.25) is 19.5 Å². The van der Waals surface area contributed by atoms with Crippen LogP contribution in [0.1, 0.15) is 68.2 Å². The first kappa shape index (κ1) is 31.3. The minimum Gasteiger partial charge on any atom is -0.381 e. The van der Waals surface area contributed by atoms with Gasteiger partial charge in [0.15, 0.2) is 0 Å². The monoisotopic (exact) mass is 600 g/mol. The molecule has 2 aromatic heterocycles. The molecule has 0 bridgehead atoms. The van der Waals surface area contributed by atoms with E-state index in [0.29, 0.717) is 37.1 Å². The van der Waals surface area contributed by atoms with Crippen molar-refractivity contribution >= 4 is 35.0 Å². The highest BCUT2D eigenvalue weighted by atomic mass is 16.5. The maximum Gasteiger partial charge on any atom is 0.256 e. The first-order valence-electron chi connectivity index (χ1n) is 15.4. The van der Waals surface area contributed by atoms with Gasteiger partial charge in [0.25, 0.3) is 5.91 Å². The van der Waals surface area contributed by atoms with E-state index in [-0.39, 0.29) is 29.2 Å². The van der Waals surface area contributed by atoms with Crippen molar-refractivity contribution in [1.29, 1.82) is 0 Å². The predicted molar refractivity (Wildman–Crippen MR) is 171 cm³/mol. The maximum absolute atomic E-state index is 13.0. The largest absolute Gasteiger partial charge is 0.381 e. The number of pyridine rings is 1. The van der Waals surface area contributed by atoms with Gasteiger partial charge in [-0.15, -0.1) is 0 Å². The number of hydrogen-bond acceptors (Lipinski definition) is 9. The zero-order chi connectivity index (χ0) is 31.3. The normalized spacial score (nSPS) is 16.8. The first-order chi connectivity index (χ1) is 21.0. The Morgan fingerprint density at radius 1 is 1.07 bits per heavy atom. The second-order valence-electron chi connectivity index (χ2n) is 12.9. The molecule has 1 saturated heterocycles. The van der Waals surface area contributed by atoms with Gasteiger partial charge >= 0.3 is 0 Å². The fourth-order valence-corrected chi connectivity index (χ4v) is 5.33. The molecule has 1 aromatic carbocycles. The molecule has 1 unspecified atom stereocenters. The number of anilines is 4. The van der Waals surface area contributed by atoms with E-state index in [1.807, 2.05) is 32.0 Å². The molecule has 0 saturated carbocycles. The van der Waals surface area contributed by atoms with Gasteiger partial charge in [0, 0.05) is 73.7 Å². The van der Waals surface area contributed by atoms with Crippen molar-refractivity contribution in [3.8, 4) is 0 Å². The Morgan fingerprint density at radius 2 is 1.89 bits per heavy atom. The minimum atomic E-state index is -0.246. The molecular weight excluding hydrogens is 556 g/mol. The maximum atomic E-state index is 13.0. The van der Waals surface area contributed by atoms with Gasteiger partial charge in [-0.25, -0.2) is 4.98 Å². The van der Waals surface area contributed by atoms with Crippen LogP contribution in [0.4, 0.5) is 23.1 Å². The lowest BCUT2D eigenvalue weighted by molar-refractivity contribution is -0.125. The van der Waals surface area contributed by atoms with E-state index in [9.17, 15) is 9.59 Å². The van der Waals surface area contributed by atoms with Crippen LogP contribution >= 0.6 is 0 Å². The fraction of sp³-hybridized carbons (Fsp3) is 0.485. The van der Waals surface area contributed by atoms with Crippen LogP contribution in [-0.4, -0.2) is 70.6 Å². The molecule has 0 aliphatic carbocycles. The average molecular weight is 601 g/mol. The van der Waals surface area contributed by atoms with Crippen molar-refractivity contribution in [2.75, 3.05) is 43.5 Å². The first-order valence-corrected chi connectivity index (χ1v) is 15.4. The number of nitrogens with zero attached hydrogens (tertiary/aromatic N) is 4. The van der Waals surface area contributed by atoms with Gasteiger partial charge in [0.2, 0.25) is 11.9 Å². The summed E-state index contributed by atoms with van der Waals surface area (Å²) in [5.74, 6) is 0.640. The summed E-state index contributed by atoms with van der Waals surface area (Å²) >= 11 is 0. The Morgan fingerprint density at radius 3 is 2.64 bits per heavy atom. The molecule has 0 spiro atoms. The lowest BCUT2D eigenvalue weighted by Crippen LogP contribution is -2.39. The molecule has 2 aliphatic heterocycles. The summed E-state index contributed by atoms with van der Waals surface area (Å²) in [7, 11) is 0. The smallest absolute Gasteiger partial charge is 0.256 e. The van der Waals surface area contributed by atoms with Crippen LogP contribution in [0, 0.1) is 5.92 Å². The molecule has 0 radical (unpaired) electrons. The van der Waals surface area contributed by atoms with E-state index >= 15 is 0 Å². The Kier molecular flexibility index (Phi) is 9.75. The van der Waals surface area contributed by atoms with E-state index < -0.39 is 0 Å². The van der Waals surface area contributed by atoms with Crippen molar-refractivity contribution in [3.63, 3.8) is 0 Å². The van der Waals surface area contributed by atoms with Crippen LogP contribution in [-0.2, 0) is 27.9 Å². The molecular formula is C33H44N8O3. The number of benzene rings is 1. The summed E-state index contributed by atoms with van der Waals surface area (Å²) in [6, 6.07) is 10.1. The number of aromatic nitrogens is 3. The Bertz CT molecular complexity index is 1480. The molecule has 4 N–H and O–H groups in total. The molecule has 3 aromatic rings. The van der Waals surface area contributed by atoms with Crippen LogP contribution < -0.4 is 21.3 Å². The molecule has 11 heteroatoms. The second kappa shape index (κ2) is 13.7. The highest BCUT2D eigenvalue weighted by molar-refractivity contribution is 5.99. The molecule has 1 fully saturated rings. The van der Waals surface area contributed by atoms with Gasteiger partial charge in [0.05, 0.1) is 12.5 Å². The van der Waals surface area contributed by atoms with Gasteiger partial charge < -0.3 is 26.0 Å². The van der Waals surface area contributed by atoms with Crippen LogP contribution in [0.2, 0.25) is 0 Å². The zero-order valence-electron chi connectivity index (χ0n) is 26.4. The molecule has 4 heterocycles. The van der Waals surface area contributed by atoms with E-state index in [1.54, 1.807) is 12.4 Å². The SMILES string of the molecule is CC(C)NC(=O)c1cnc(Nc2ccc3c(c2)CCN(CCNC(=O)C2CCOC2)C3)nc1Nc1ccnc(C(C)(C)C)c1. The molecule has 1 atom stereocenters. The third kappa shape index (κ3) is 8.09. The number of rotatable bonds is 10. The lowest BCUT2D eigenvalue weighted by Gasteiger charge is -2.29. The van der Waals surface area contributed by atoms with Crippen molar-refractivity contribution in [3.05, 3.63) is 65.1 Å². The van der Waals surface area contributed by atoms with Gasteiger partial charge in [0.1, 0.15) is 11.4 Å². The van der Waals surface area contributed by atoms with Crippen molar-refractivity contribution in [2.24, 2.45) is 5.92 Å². The van der Waals surface area contributed by atoms with Crippen molar-refractivity contribution in [2.45, 2.75) is 65.5 Å². The number of fused-ring (bicyclic) bond motifs is 1. The lowest BCUT2D eigenvalue weighted by atomic mass is 9.91. The van der Waals surface area contributed by atoms with Crippen LogP contribution in [0.15, 0.2) is 42.7 Å². The van der Waals surface area contributed by atoms with Crippen molar-refractivity contribution in [1.82, 2.24) is 30.5 Å². The number of ether oxygens (including phenoxy) is 1. The second-order valence-corrected chi connectivity index (χ2v) is 12.9. The average Bonchev–Trinajstić information content (AvgIpc) is 3.52. The molecule has 5 rings (SSSR count). The van der Waals surface area contributed by atoms with Crippen molar-refractivity contribution < 1.29 is 14.3 Å². The number of nitrogens with one attached hydrogen (secondary N) is 4. The summed E-state index contributed by atoms with van der Waals surface area (Å²) in [4.78, 5) is 41.4. The van der Waals surface area contributed by atoms with Gasteiger partial charge in [-0.1, -0.05) is 26.8 Å². The van der Waals surface area contributed by atoms with E-state index in [1.165, 1.54) is 11.1 Å². The zero-order valence-corrected chi connectivity index (χ0v) is 26.4. The standard InChI is InChI=1S/C33H44N8O3/c1-21(2)37-31(43)27-18-36-32(40-29(27)38-26-8-11-34-28(17-26)33(3,4)5)39-25-7-6-23-19-41(13-9-22(23)16-25)14-12-35-30(42)24-10-15-44-20-24/h6-8,11,16-18,21,24H,9-10,12-15,19-20H2,1-5H3,(H,35,42)(H,37,43)(H2,34,36,38,39,40). The molecule has 2 amide bonds. The molecule has 234 valence electrons.